The van der Waals surface area contributed by atoms with Crippen LogP contribution in [0.15, 0.2) is 23.1 Å². The largest absolute Gasteiger partial charge is 0.488 e. The minimum Gasteiger partial charge on any atom is -0.488 e. The molecule has 0 saturated heterocycles. The van der Waals surface area contributed by atoms with Crippen molar-refractivity contribution in [1.29, 1.82) is 0 Å². The molecule has 5 heteroatoms. The second-order valence-corrected chi connectivity index (χ2v) is 4.81. The van der Waals surface area contributed by atoms with E-state index in [4.69, 9.17) is 4.74 Å². The van der Waals surface area contributed by atoms with Gasteiger partial charge in [0.25, 0.3) is 5.56 Å². The molecule has 0 radical (unpaired) electrons. The van der Waals surface area contributed by atoms with Gasteiger partial charge in [-0.2, -0.15) is 0 Å². The van der Waals surface area contributed by atoms with Crippen molar-refractivity contribution in [1.82, 2.24) is 4.57 Å². The summed E-state index contributed by atoms with van der Waals surface area (Å²) in [6.07, 6.45) is 3.33. The molecule has 1 N–H and O–H groups in total. The Morgan fingerprint density at radius 2 is 2.16 bits per heavy atom. The maximum absolute atomic E-state index is 12.2. The van der Waals surface area contributed by atoms with Crippen LogP contribution in [0.3, 0.4) is 0 Å². The molecule has 0 aliphatic carbocycles. The molecule has 1 aromatic heterocycles. The molecule has 1 heterocycles. The maximum Gasteiger partial charge on any atom is 0.327 e. The van der Waals surface area contributed by atoms with Crippen LogP contribution in [-0.4, -0.2) is 22.2 Å². The van der Waals surface area contributed by atoms with Crippen molar-refractivity contribution in [2.45, 2.75) is 39.7 Å². The fourth-order valence-electron chi connectivity index (χ4n) is 1.87. The van der Waals surface area contributed by atoms with E-state index in [0.29, 0.717) is 6.61 Å². The zero-order valence-corrected chi connectivity index (χ0v) is 11.6. The van der Waals surface area contributed by atoms with Crippen LogP contribution < -0.4 is 10.3 Å². The molecule has 0 bridgehead atoms. The maximum atomic E-state index is 12.2. The molecular formula is C14H21NO4. The number of carboxylic acids is 1. The second-order valence-electron chi connectivity index (χ2n) is 4.81. The highest BCUT2D eigenvalue weighted by Gasteiger charge is 2.25. The van der Waals surface area contributed by atoms with Crippen LogP contribution in [0.5, 0.6) is 5.75 Å². The van der Waals surface area contributed by atoms with Crippen molar-refractivity contribution in [3.63, 3.8) is 0 Å². The van der Waals surface area contributed by atoms with Gasteiger partial charge in [0, 0.05) is 6.20 Å². The van der Waals surface area contributed by atoms with Crippen LogP contribution >= 0.6 is 0 Å². The summed E-state index contributed by atoms with van der Waals surface area (Å²) in [5.74, 6) is -0.980. The third-order valence-electron chi connectivity index (χ3n) is 2.88. The number of ether oxygens (including phenoxy) is 1. The van der Waals surface area contributed by atoms with Gasteiger partial charge in [-0.1, -0.05) is 27.2 Å². The number of carbonyl (C=O) groups is 1. The fourth-order valence-corrected chi connectivity index (χ4v) is 1.87. The number of aliphatic carboxylic acids is 1. The van der Waals surface area contributed by atoms with E-state index >= 15 is 0 Å². The summed E-state index contributed by atoms with van der Waals surface area (Å²) in [5.41, 5.74) is -0.389. The molecular weight excluding hydrogens is 246 g/mol. The molecule has 0 amide bonds. The number of hydrogen-bond donors (Lipinski definition) is 1. The van der Waals surface area contributed by atoms with Crippen molar-refractivity contribution >= 4 is 5.97 Å². The van der Waals surface area contributed by atoms with Crippen LogP contribution in [0.4, 0.5) is 0 Å². The lowest BCUT2D eigenvalue weighted by Crippen LogP contribution is -2.33. The van der Waals surface area contributed by atoms with Crippen molar-refractivity contribution < 1.29 is 14.6 Å². The third-order valence-corrected chi connectivity index (χ3v) is 2.88. The lowest BCUT2D eigenvalue weighted by atomic mass is 10.0. The van der Waals surface area contributed by atoms with Crippen LogP contribution in [0, 0.1) is 5.92 Å². The number of carboxylic acid groups (broad SMARTS) is 1. The standard InChI is InChI=1S/C14H21NO4/c1-4-5-9-19-11-7-6-8-15(13(11)16)12(10(2)3)14(17)18/h6-8,10,12H,4-5,9H2,1-3H3,(H,17,18). The van der Waals surface area contributed by atoms with Gasteiger partial charge in [0.2, 0.25) is 0 Å². The Labute approximate surface area is 112 Å². The number of nitrogens with zero attached hydrogens (tertiary/aromatic N) is 1. The summed E-state index contributed by atoms with van der Waals surface area (Å²) in [5, 5.41) is 9.23. The SMILES string of the molecule is CCCCOc1cccn(C(C(=O)O)C(C)C)c1=O. The van der Waals surface area contributed by atoms with Gasteiger partial charge in [-0.3, -0.25) is 9.36 Å². The number of aromatic nitrogens is 1. The normalized spacial score (nSPS) is 12.4. The average Bonchev–Trinajstić information content (AvgIpc) is 2.33. The molecule has 0 aliphatic heterocycles. The Morgan fingerprint density at radius 3 is 2.68 bits per heavy atom. The highest BCUT2D eigenvalue weighted by Crippen LogP contribution is 2.17. The van der Waals surface area contributed by atoms with E-state index in [1.807, 2.05) is 6.92 Å². The summed E-state index contributed by atoms with van der Waals surface area (Å²) < 4.78 is 6.63. The summed E-state index contributed by atoms with van der Waals surface area (Å²) >= 11 is 0. The molecule has 5 nitrogen and oxygen atoms in total. The molecule has 1 rings (SSSR count). The van der Waals surface area contributed by atoms with Crippen molar-refractivity contribution in [3.05, 3.63) is 28.7 Å². The molecule has 0 aliphatic rings. The monoisotopic (exact) mass is 267 g/mol. The minimum absolute atomic E-state index is 0.180. The van der Waals surface area contributed by atoms with Crippen molar-refractivity contribution in [2.24, 2.45) is 5.92 Å². The Kier molecular flexibility index (Phi) is 5.60. The molecule has 1 unspecified atom stereocenters. The molecule has 19 heavy (non-hydrogen) atoms. The molecule has 0 spiro atoms. The van der Waals surface area contributed by atoms with Crippen LogP contribution in [0.1, 0.15) is 39.7 Å². The number of rotatable bonds is 7. The summed E-state index contributed by atoms with van der Waals surface area (Å²) in [6, 6.07) is 2.34. The van der Waals surface area contributed by atoms with E-state index in [2.05, 4.69) is 0 Å². The molecule has 1 aromatic rings. The quantitative estimate of drug-likeness (QED) is 0.770. The first-order valence-corrected chi connectivity index (χ1v) is 6.55. The van der Waals surface area contributed by atoms with Crippen molar-refractivity contribution in [3.8, 4) is 5.75 Å². The topological polar surface area (TPSA) is 68.5 Å². The van der Waals surface area contributed by atoms with Gasteiger partial charge in [0.1, 0.15) is 6.04 Å². The van der Waals surface area contributed by atoms with Crippen molar-refractivity contribution in [2.75, 3.05) is 6.61 Å². The molecule has 0 fully saturated rings. The van der Waals surface area contributed by atoms with E-state index in [9.17, 15) is 14.7 Å². The number of pyridine rings is 1. The minimum atomic E-state index is -1.01. The predicted molar refractivity (Wildman–Crippen MR) is 72.6 cm³/mol. The second kappa shape index (κ2) is 6.97. The first-order chi connectivity index (χ1) is 8.99. The zero-order chi connectivity index (χ0) is 14.4. The summed E-state index contributed by atoms with van der Waals surface area (Å²) in [4.78, 5) is 23.5. The Hall–Kier alpha value is -1.78. The van der Waals surface area contributed by atoms with Gasteiger partial charge >= 0.3 is 5.97 Å². The van der Waals surface area contributed by atoms with Crippen LogP contribution in [0.2, 0.25) is 0 Å². The summed E-state index contributed by atoms with van der Waals surface area (Å²) in [6.45, 7) is 6.05. The molecule has 1 atom stereocenters. The van der Waals surface area contributed by atoms with Gasteiger partial charge in [0.15, 0.2) is 5.75 Å². The first kappa shape index (κ1) is 15.3. The average molecular weight is 267 g/mol. The number of unbranched alkanes of at least 4 members (excludes halogenated alkanes) is 1. The van der Waals surface area contributed by atoms with Gasteiger partial charge in [-0.05, 0) is 24.5 Å². The van der Waals surface area contributed by atoms with E-state index in [-0.39, 0.29) is 17.2 Å². The Balaban J connectivity index is 3.05. The van der Waals surface area contributed by atoms with Gasteiger partial charge in [0.05, 0.1) is 6.61 Å². The highest BCUT2D eigenvalue weighted by molar-refractivity contribution is 5.72. The molecule has 0 aromatic carbocycles. The first-order valence-electron chi connectivity index (χ1n) is 6.55. The van der Waals surface area contributed by atoms with Gasteiger partial charge in [-0.15, -0.1) is 0 Å². The van der Waals surface area contributed by atoms with Gasteiger partial charge in [-0.25, -0.2) is 4.79 Å². The fraction of sp³-hybridized carbons (Fsp3) is 0.571. The van der Waals surface area contributed by atoms with E-state index < -0.39 is 12.0 Å². The van der Waals surface area contributed by atoms with E-state index in [1.165, 1.54) is 10.8 Å². The lowest BCUT2D eigenvalue weighted by molar-refractivity contribution is -0.142. The smallest absolute Gasteiger partial charge is 0.327 e. The molecule has 0 saturated carbocycles. The summed E-state index contributed by atoms with van der Waals surface area (Å²) in [7, 11) is 0. The Bertz CT molecular complexity index is 479. The third kappa shape index (κ3) is 3.84. The van der Waals surface area contributed by atoms with Gasteiger partial charge < -0.3 is 9.84 Å². The lowest BCUT2D eigenvalue weighted by Gasteiger charge is -2.19. The highest BCUT2D eigenvalue weighted by atomic mass is 16.5. The van der Waals surface area contributed by atoms with Crippen LogP contribution in [-0.2, 0) is 4.79 Å². The zero-order valence-electron chi connectivity index (χ0n) is 11.6. The van der Waals surface area contributed by atoms with E-state index in [1.54, 1.807) is 26.0 Å². The predicted octanol–water partition coefficient (Wildman–Crippen LogP) is 2.31. The van der Waals surface area contributed by atoms with E-state index in [0.717, 1.165) is 12.8 Å². The van der Waals surface area contributed by atoms with Crippen LogP contribution in [0.25, 0.3) is 0 Å². The Morgan fingerprint density at radius 1 is 1.47 bits per heavy atom. The number of hydrogen-bond acceptors (Lipinski definition) is 3. The molecule has 106 valence electrons.